The highest BCUT2D eigenvalue weighted by Gasteiger charge is 2.25. The summed E-state index contributed by atoms with van der Waals surface area (Å²) in [5, 5.41) is 18.3. The van der Waals surface area contributed by atoms with E-state index in [0.29, 0.717) is 24.7 Å². The first kappa shape index (κ1) is 14.7. The Hall–Kier alpha value is -1.67. The van der Waals surface area contributed by atoms with E-state index in [-0.39, 0.29) is 11.8 Å². The van der Waals surface area contributed by atoms with Crippen molar-refractivity contribution in [3.63, 3.8) is 0 Å². The van der Waals surface area contributed by atoms with Gasteiger partial charge in [0.05, 0.1) is 17.6 Å². The summed E-state index contributed by atoms with van der Waals surface area (Å²) in [6.07, 6.45) is 0.0403. The molecule has 0 aliphatic carbocycles. The minimum absolute atomic E-state index is 0.0376. The van der Waals surface area contributed by atoms with E-state index in [1.807, 2.05) is 0 Å². The number of nitrogens with zero attached hydrogens (tertiary/aromatic N) is 4. The quantitative estimate of drug-likeness (QED) is 0.634. The van der Waals surface area contributed by atoms with Crippen molar-refractivity contribution in [3.05, 3.63) is 15.8 Å². The smallest absolute Gasteiger partial charge is 0.333 e. The van der Waals surface area contributed by atoms with Gasteiger partial charge in [-0.05, 0) is 13.5 Å². The monoisotopic (exact) mass is 283 g/mol. The van der Waals surface area contributed by atoms with Crippen molar-refractivity contribution in [1.29, 1.82) is 0 Å². The van der Waals surface area contributed by atoms with Crippen LogP contribution >= 0.6 is 0 Å². The minimum Gasteiger partial charge on any atom is -0.374 e. The molecule has 1 aliphatic rings. The zero-order valence-electron chi connectivity index (χ0n) is 12.1. The predicted molar refractivity (Wildman–Crippen MR) is 74.9 cm³/mol. The summed E-state index contributed by atoms with van der Waals surface area (Å²) in [5.41, 5.74) is 0.454. The van der Waals surface area contributed by atoms with E-state index in [1.54, 1.807) is 14.0 Å². The summed E-state index contributed by atoms with van der Waals surface area (Å²) in [6, 6.07) is 0. The van der Waals surface area contributed by atoms with Crippen molar-refractivity contribution in [2.45, 2.75) is 20.0 Å². The summed E-state index contributed by atoms with van der Waals surface area (Å²) < 4.78 is 7.18. The second-order valence-electron chi connectivity index (χ2n) is 4.93. The molecular formula is C12H21N5O3. The normalized spacial score (nSPS) is 20.1. The molecule has 1 aliphatic heterocycles. The average molecular weight is 283 g/mol. The van der Waals surface area contributed by atoms with Crippen molar-refractivity contribution in [2.24, 2.45) is 7.05 Å². The zero-order chi connectivity index (χ0) is 14.7. The number of rotatable bonds is 5. The minimum atomic E-state index is -0.398. The SMILES string of the molecule is CCN1CCOC(CNc2c([N+](=O)[O-])c(C)nn2C)C1. The van der Waals surface area contributed by atoms with Gasteiger partial charge in [-0.3, -0.25) is 15.0 Å². The highest BCUT2D eigenvalue weighted by atomic mass is 16.6. The maximum absolute atomic E-state index is 11.1. The van der Waals surface area contributed by atoms with Crippen LogP contribution in [0.25, 0.3) is 0 Å². The molecule has 1 aromatic rings. The highest BCUT2D eigenvalue weighted by molar-refractivity contribution is 5.59. The van der Waals surface area contributed by atoms with Gasteiger partial charge >= 0.3 is 5.69 Å². The topological polar surface area (TPSA) is 85.5 Å². The molecule has 1 unspecified atom stereocenters. The van der Waals surface area contributed by atoms with Crippen LogP contribution in [0, 0.1) is 17.0 Å². The Balaban J connectivity index is 2.02. The number of hydrogen-bond donors (Lipinski definition) is 1. The number of likely N-dealkylation sites (N-methyl/N-ethyl adjacent to an activating group) is 1. The molecule has 20 heavy (non-hydrogen) atoms. The Morgan fingerprint density at radius 2 is 2.35 bits per heavy atom. The average Bonchev–Trinajstić information content (AvgIpc) is 2.71. The molecule has 1 saturated heterocycles. The van der Waals surface area contributed by atoms with Gasteiger partial charge in [-0.25, -0.2) is 4.68 Å². The van der Waals surface area contributed by atoms with E-state index in [4.69, 9.17) is 4.74 Å². The number of morpholine rings is 1. The third kappa shape index (κ3) is 3.07. The van der Waals surface area contributed by atoms with E-state index in [0.717, 1.165) is 19.6 Å². The molecule has 112 valence electrons. The Bertz CT molecular complexity index is 488. The first-order chi connectivity index (χ1) is 9.52. The molecule has 2 heterocycles. The first-order valence-electron chi connectivity index (χ1n) is 6.78. The third-order valence-corrected chi connectivity index (χ3v) is 3.54. The van der Waals surface area contributed by atoms with Gasteiger partial charge in [0.1, 0.15) is 5.69 Å². The fourth-order valence-corrected chi connectivity index (χ4v) is 2.47. The van der Waals surface area contributed by atoms with Crippen molar-refractivity contribution >= 4 is 11.5 Å². The van der Waals surface area contributed by atoms with Gasteiger partial charge in [0.15, 0.2) is 0 Å². The van der Waals surface area contributed by atoms with Crippen LogP contribution in [0.1, 0.15) is 12.6 Å². The number of aryl methyl sites for hydroxylation is 2. The second-order valence-corrected chi connectivity index (χ2v) is 4.93. The lowest BCUT2D eigenvalue weighted by molar-refractivity contribution is -0.384. The Labute approximate surface area is 117 Å². The van der Waals surface area contributed by atoms with Crippen LogP contribution in [0.2, 0.25) is 0 Å². The van der Waals surface area contributed by atoms with Crippen molar-refractivity contribution in [1.82, 2.24) is 14.7 Å². The lowest BCUT2D eigenvalue weighted by Gasteiger charge is -2.32. The molecule has 0 aromatic carbocycles. The molecule has 1 N–H and O–H groups in total. The summed E-state index contributed by atoms with van der Waals surface area (Å²) >= 11 is 0. The summed E-state index contributed by atoms with van der Waals surface area (Å²) in [5.74, 6) is 0.435. The standard InChI is InChI=1S/C12H21N5O3/c1-4-16-5-6-20-10(8-16)7-13-12-11(17(18)19)9(2)14-15(12)3/h10,13H,4-8H2,1-3H3. The molecule has 0 saturated carbocycles. The van der Waals surface area contributed by atoms with Crippen LogP contribution in [0.3, 0.4) is 0 Å². The second kappa shape index (κ2) is 6.19. The number of aromatic nitrogens is 2. The van der Waals surface area contributed by atoms with E-state index in [1.165, 1.54) is 4.68 Å². The molecule has 1 fully saturated rings. The number of nitro groups is 1. The largest absolute Gasteiger partial charge is 0.374 e. The summed E-state index contributed by atoms with van der Waals surface area (Å²) in [6.45, 7) is 7.77. The molecule has 1 aromatic heterocycles. The van der Waals surface area contributed by atoms with E-state index in [9.17, 15) is 10.1 Å². The third-order valence-electron chi connectivity index (χ3n) is 3.54. The molecule has 0 radical (unpaired) electrons. The molecule has 8 heteroatoms. The van der Waals surface area contributed by atoms with E-state index >= 15 is 0 Å². The van der Waals surface area contributed by atoms with Crippen LogP contribution in [-0.2, 0) is 11.8 Å². The Morgan fingerprint density at radius 3 is 3.00 bits per heavy atom. The molecule has 8 nitrogen and oxygen atoms in total. The molecular weight excluding hydrogens is 262 g/mol. The molecule has 0 bridgehead atoms. The molecule has 2 rings (SSSR count). The van der Waals surface area contributed by atoms with Gasteiger partial charge in [-0.1, -0.05) is 6.92 Å². The van der Waals surface area contributed by atoms with Gasteiger partial charge in [0, 0.05) is 26.7 Å². The van der Waals surface area contributed by atoms with Crippen molar-refractivity contribution in [3.8, 4) is 0 Å². The van der Waals surface area contributed by atoms with Gasteiger partial charge < -0.3 is 10.1 Å². The zero-order valence-corrected chi connectivity index (χ0v) is 12.1. The van der Waals surface area contributed by atoms with Crippen LogP contribution in [0.5, 0.6) is 0 Å². The lowest BCUT2D eigenvalue weighted by Crippen LogP contribution is -2.45. The maximum atomic E-state index is 11.1. The Morgan fingerprint density at radius 1 is 1.60 bits per heavy atom. The number of hydrogen-bond acceptors (Lipinski definition) is 6. The fourth-order valence-electron chi connectivity index (χ4n) is 2.47. The van der Waals surface area contributed by atoms with Gasteiger partial charge in [-0.15, -0.1) is 0 Å². The Kier molecular flexibility index (Phi) is 4.56. The maximum Gasteiger partial charge on any atom is 0.333 e. The first-order valence-corrected chi connectivity index (χ1v) is 6.78. The number of ether oxygens (including phenoxy) is 1. The van der Waals surface area contributed by atoms with E-state index < -0.39 is 4.92 Å². The molecule has 1 atom stereocenters. The van der Waals surface area contributed by atoms with E-state index in [2.05, 4.69) is 22.2 Å². The molecule has 0 amide bonds. The molecule has 0 spiro atoms. The van der Waals surface area contributed by atoms with Crippen molar-refractivity contribution in [2.75, 3.05) is 38.1 Å². The summed E-state index contributed by atoms with van der Waals surface area (Å²) in [7, 11) is 1.70. The highest BCUT2D eigenvalue weighted by Crippen LogP contribution is 2.27. The predicted octanol–water partition coefficient (Wildman–Crippen LogP) is 0.769. The van der Waals surface area contributed by atoms with Crippen LogP contribution in [0.4, 0.5) is 11.5 Å². The van der Waals surface area contributed by atoms with Gasteiger partial charge in [0.2, 0.25) is 5.82 Å². The van der Waals surface area contributed by atoms with Gasteiger partial charge in [0.25, 0.3) is 0 Å². The summed E-state index contributed by atoms with van der Waals surface area (Å²) in [4.78, 5) is 13.0. The lowest BCUT2D eigenvalue weighted by atomic mass is 10.2. The van der Waals surface area contributed by atoms with Crippen molar-refractivity contribution < 1.29 is 9.66 Å². The van der Waals surface area contributed by atoms with Gasteiger partial charge in [-0.2, -0.15) is 5.10 Å². The van der Waals surface area contributed by atoms with Crippen LogP contribution in [-0.4, -0.2) is 58.5 Å². The fraction of sp³-hybridized carbons (Fsp3) is 0.750. The van der Waals surface area contributed by atoms with Crippen LogP contribution in [0.15, 0.2) is 0 Å². The van der Waals surface area contributed by atoms with Crippen LogP contribution < -0.4 is 5.32 Å². The number of anilines is 1. The number of nitrogens with one attached hydrogen (secondary N) is 1.